The first-order valence-electron chi connectivity index (χ1n) is 9.65. The van der Waals surface area contributed by atoms with Crippen molar-refractivity contribution >= 4 is 22.9 Å². The number of hydrogen-bond donors (Lipinski definition) is 2. The number of carbonyl (C=O) groups is 1. The highest BCUT2D eigenvalue weighted by molar-refractivity contribution is 5.86. The van der Waals surface area contributed by atoms with Crippen molar-refractivity contribution in [2.24, 2.45) is 0 Å². The van der Waals surface area contributed by atoms with E-state index in [4.69, 9.17) is 5.11 Å². The van der Waals surface area contributed by atoms with Crippen LogP contribution in [0.3, 0.4) is 0 Å². The van der Waals surface area contributed by atoms with Gasteiger partial charge >= 0.3 is 5.97 Å². The van der Waals surface area contributed by atoms with Gasteiger partial charge in [-0.25, -0.2) is 13.6 Å². The smallest absolute Gasteiger partial charge is 0.328 e. The number of H-pyrrole nitrogens is 1. The molecule has 3 aromatic rings. The lowest BCUT2D eigenvalue weighted by molar-refractivity contribution is -0.131. The summed E-state index contributed by atoms with van der Waals surface area (Å²) in [5.41, 5.74) is 3.03. The summed E-state index contributed by atoms with van der Waals surface area (Å²) in [6.07, 6.45) is 2.85. The van der Waals surface area contributed by atoms with Gasteiger partial charge in [0.15, 0.2) is 0 Å². The molecule has 2 N–H and O–H groups in total. The third-order valence-electron chi connectivity index (χ3n) is 5.68. The summed E-state index contributed by atoms with van der Waals surface area (Å²) < 4.78 is 30.3. The van der Waals surface area contributed by atoms with E-state index in [1.165, 1.54) is 18.2 Å². The Morgan fingerprint density at radius 3 is 2.62 bits per heavy atom. The summed E-state index contributed by atoms with van der Waals surface area (Å²) in [7, 11) is 0. The Kier molecular flexibility index (Phi) is 4.96. The maximum atomic E-state index is 15.1. The number of aromatic nitrogens is 1. The number of likely N-dealkylation sites (N-methyl/N-ethyl adjacent to an activating group) is 1. The number of nitrogens with one attached hydrogen (secondary N) is 1. The number of para-hydroxylation sites is 1. The van der Waals surface area contributed by atoms with Crippen LogP contribution in [-0.2, 0) is 11.2 Å². The zero-order valence-corrected chi connectivity index (χ0v) is 16.2. The van der Waals surface area contributed by atoms with Gasteiger partial charge in [0.1, 0.15) is 11.6 Å². The number of aliphatic carboxylic acids is 1. The van der Waals surface area contributed by atoms with E-state index in [0.717, 1.165) is 34.7 Å². The van der Waals surface area contributed by atoms with Crippen molar-refractivity contribution in [1.29, 1.82) is 0 Å². The highest BCUT2D eigenvalue weighted by atomic mass is 19.1. The molecule has 1 aliphatic heterocycles. The fourth-order valence-electron chi connectivity index (χ4n) is 4.44. The van der Waals surface area contributed by atoms with E-state index in [2.05, 4.69) is 16.8 Å². The minimum atomic E-state index is -1.17. The average Bonchev–Trinajstić information content (AvgIpc) is 3.04. The molecule has 1 aliphatic rings. The van der Waals surface area contributed by atoms with Crippen molar-refractivity contribution in [2.75, 3.05) is 6.54 Å². The largest absolute Gasteiger partial charge is 0.478 e. The molecule has 0 radical (unpaired) electrons. The fraction of sp³-hybridized carbons (Fsp3) is 0.261. The monoisotopic (exact) mass is 396 g/mol. The zero-order valence-electron chi connectivity index (χ0n) is 16.2. The van der Waals surface area contributed by atoms with Crippen LogP contribution in [0.25, 0.3) is 17.0 Å². The maximum absolute atomic E-state index is 15.1. The van der Waals surface area contributed by atoms with Gasteiger partial charge in [-0.2, -0.15) is 0 Å². The Morgan fingerprint density at radius 1 is 1.28 bits per heavy atom. The Morgan fingerprint density at radius 2 is 1.97 bits per heavy atom. The van der Waals surface area contributed by atoms with E-state index in [9.17, 15) is 4.79 Å². The Labute approximate surface area is 167 Å². The van der Waals surface area contributed by atoms with E-state index in [-0.39, 0.29) is 17.2 Å². The lowest BCUT2D eigenvalue weighted by atomic mass is 9.88. The summed E-state index contributed by atoms with van der Waals surface area (Å²) in [6.45, 7) is 4.69. The lowest BCUT2D eigenvalue weighted by Crippen LogP contribution is -2.43. The van der Waals surface area contributed by atoms with Crippen molar-refractivity contribution in [3.8, 4) is 0 Å². The molecular formula is C23H22F2N2O2. The molecule has 2 atom stereocenters. The molecule has 6 heteroatoms. The third-order valence-corrected chi connectivity index (χ3v) is 5.68. The van der Waals surface area contributed by atoms with E-state index < -0.39 is 23.6 Å². The topological polar surface area (TPSA) is 56.3 Å². The number of aromatic amines is 1. The summed E-state index contributed by atoms with van der Waals surface area (Å²) in [4.78, 5) is 16.2. The molecule has 0 aliphatic carbocycles. The van der Waals surface area contributed by atoms with Gasteiger partial charge in [-0.3, -0.25) is 4.90 Å². The second kappa shape index (κ2) is 7.44. The Bertz CT molecular complexity index is 1100. The van der Waals surface area contributed by atoms with E-state index in [1.54, 1.807) is 0 Å². The predicted molar refractivity (Wildman–Crippen MR) is 109 cm³/mol. The van der Waals surface area contributed by atoms with E-state index in [1.807, 2.05) is 31.2 Å². The van der Waals surface area contributed by atoms with Gasteiger partial charge in [0, 0.05) is 34.3 Å². The number of carboxylic acid groups (broad SMARTS) is 1. The first-order valence-corrected chi connectivity index (χ1v) is 9.65. The lowest BCUT2D eigenvalue weighted by Gasteiger charge is -2.40. The average molecular weight is 396 g/mol. The number of benzene rings is 2. The summed E-state index contributed by atoms with van der Waals surface area (Å²) in [5, 5.41) is 9.84. The second-order valence-corrected chi connectivity index (χ2v) is 7.42. The van der Waals surface area contributed by atoms with Crippen LogP contribution in [0.1, 0.15) is 42.3 Å². The molecule has 0 bridgehead atoms. The van der Waals surface area contributed by atoms with Crippen LogP contribution in [0.2, 0.25) is 0 Å². The molecule has 0 saturated heterocycles. The van der Waals surface area contributed by atoms with Crippen molar-refractivity contribution < 1.29 is 18.7 Å². The number of rotatable bonds is 4. The summed E-state index contributed by atoms with van der Waals surface area (Å²) in [5.74, 6) is -2.54. The minimum Gasteiger partial charge on any atom is -0.478 e. The fourth-order valence-corrected chi connectivity index (χ4v) is 4.44. The van der Waals surface area contributed by atoms with Crippen molar-refractivity contribution in [1.82, 2.24) is 9.88 Å². The zero-order chi connectivity index (χ0) is 20.7. The third kappa shape index (κ3) is 3.34. The molecule has 4 rings (SSSR count). The van der Waals surface area contributed by atoms with E-state index in [0.29, 0.717) is 6.54 Å². The van der Waals surface area contributed by atoms with Crippen molar-refractivity contribution in [2.45, 2.75) is 32.4 Å². The summed E-state index contributed by atoms with van der Waals surface area (Å²) in [6, 6.07) is 9.81. The number of hydrogen-bond acceptors (Lipinski definition) is 2. The predicted octanol–water partition coefficient (Wildman–Crippen LogP) is 4.90. The molecule has 0 spiro atoms. The quantitative estimate of drug-likeness (QED) is 0.617. The van der Waals surface area contributed by atoms with Gasteiger partial charge in [0.2, 0.25) is 0 Å². The first kappa shape index (κ1) is 19.3. The number of halogens is 2. The van der Waals surface area contributed by atoms with Crippen molar-refractivity contribution in [3.63, 3.8) is 0 Å². The highest BCUT2D eigenvalue weighted by Crippen LogP contribution is 2.42. The van der Waals surface area contributed by atoms with E-state index >= 15 is 8.78 Å². The molecule has 2 heterocycles. The number of fused-ring (bicyclic) bond motifs is 3. The van der Waals surface area contributed by atoms with Crippen LogP contribution in [0.15, 0.2) is 42.5 Å². The minimum absolute atomic E-state index is 0.0151. The standard InChI is InChI=1S/C23H22F2N2O2/c1-3-27-13(2)10-16-15-6-4-5-7-19(15)26-22(16)23(27)21-17(24)11-14(12-18(21)25)8-9-20(28)29/h4-9,11-13,23,26H,3,10H2,1-2H3,(H,28,29)/b9-8+. The normalized spacial score (nSPS) is 19.7. The molecule has 1 aromatic heterocycles. The number of nitrogens with zero attached hydrogens (tertiary/aromatic N) is 1. The number of carboxylic acids is 1. The van der Waals surface area contributed by atoms with Gasteiger partial charge in [-0.15, -0.1) is 0 Å². The van der Waals surface area contributed by atoms with Gasteiger partial charge < -0.3 is 10.1 Å². The van der Waals surface area contributed by atoms with Crippen LogP contribution in [-0.4, -0.2) is 33.5 Å². The molecule has 2 aromatic carbocycles. The first-order chi connectivity index (χ1) is 13.9. The second-order valence-electron chi connectivity index (χ2n) is 7.42. The van der Waals surface area contributed by atoms with Gasteiger partial charge in [-0.1, -0.05) is 25.1 Å². The van der Waals surface area contributed by atoms with Gasteiger partial charge in [-0.05, 0) is 55.3 Å². The SMILES string of the molecule is CCN1C(C)Cc2c([nH]c3ccccc23)C1c1c(F)cc(/C=C/C(=O)O)cc1F. The van der Waals surface area contributed by atoms with Gasteiger partial charge in [0.25, 0.3) is 0 Å². The molecule has 4 nitrogen and oxygen atoms in total. The summed E-state index contributed by atoms with van der Waals surface area (Å²) >= 11 is 0. The highest BCUT2D eigenvalue weighted by Gasteiger charge is 2.37. The van der Waals surface area contributed by atoms with Crippen molar-refractivity contribution in [3.05, 3.63) is 76.5 Å². The van der Waals surface area contributed by atoms with Crippen LogP contribution < -0.4 is 0 Å². The molecule has 0 saturated carbocycles. The molecule has 0 amide bonds. The molecular weight excluding hydrogens is 374 g/mol. The van der Waals surface area contributed by atoms with Gasteiger partial charge in [0.05, 0.1) is 6.04 Å². The maximum Gasteiger partial charge on any atom is 0.328 e. The Balaban J connectivity index is 1.90. The van der Waals surface area contributed by atoms with Crippen LogP contribution in [0.5, 0.6) is 0 Å². The van der Waals surface area contributed by atoms with Crippen LogP contribution in [0.4, 0.5) is 8.78 Å². The molecule has 0 fully saturated rings. The van der Waals surface area contributed by atoms with Crippen LogP contribution in [0, 0.1) is 11.6 Å². The van der Waals surface area contributed by atoms with Crippen LogP contribution >= 0.6 is 0 Å². The molecule has 29 heavy (non-hydrogen) atoms. The molecule has 2 unspecified atom stereocenters. The Hall–Kier alpha value is -2.99. The molecule has 150 valence electrons.